The molecule has 3 N–H and O–H groups in total. The molecule has 5 heteroatoms. The van der Waals surface area contributed by atoms with Crippen LogP contribution >= 0.6 is 27.7 Å². The third-order valence-electron chi connectivity index (χ3n) is 2.47. The van der Waals surface area contributed by atoms with Crippen LogP contribution in [0.3, 0.4) is 0 Å². The van der Waals surface area contributed by atoms with Gasteiger partial charge < -0.3 is 11.1 Å². The lowest BCUT2D eigenvalue weighted by Gasteiger charge is -2.11. The first-order valence-electron chi connectivity index (χ1n) is 5.90. The molecule has 0 aliphatic carbocycles. The number of aryl methyl sites for hydroxylation is 1. The van der Waals surface area contributed by atoms with E-state index in [1.807, 2.05) is 25.1 Å². The SMILES string of the molecule is Cc1ccc(NC(=O)CSC(C)CCN)c(Br)c1. The van der Waals surface area contributed by atoms with E-state index in [-0.39, 0.29) is 5.91 Å². The Labute approximate surface area is 121 Å². The molecule has 0 aliphatic heterocycles. The Hall–Kier alpha value is -0.520. The fourth-order valence-electron chi connectivity index (χ4n) is 1.44. The average Bonchev–Trinajstić information content (AvgIpc) is 2.31. The summed E-state index contributed by atoms with van der Waals surface area (Å²) in [6, 6.07) is 5.87. The van der Waals surface area contributed by atoms with Gasteiger partial charge in [0, 0.05) is 9.72 Å². The molecule has 0 saturated carbocycles. The summed E-state index contributed by atoms with van der Waals surface area (Å²) in [5.74, 6) is 0.481. The number of carbonyl (C=O) groups is 1. The summed E-state index contributed by atoms with van der Waals surface area (Å²) in [6.07, 6.45) is 0.937. The normalized spacial score (nSPS) is 12.2. The zero-order valence-electron chi connectivity index (χ0n) is 10.7. The van der Waals surface area contributed by atoms with E-state index >= 15 is 0 Å². The third-order valence-corrected chi connectivity index (χ3v) is 4.36. The van der Waals surface area contributed by atoms with Crippen molar-refractivity contribution in [2.75, 3.05) is 17.6 Å². The summed E-state index contributed by atoms with van der Waals surface area (Å²) in [5, 5.41) is 3.32. The standard InChI is InChI=1S/C13H19BrN2OS/c1-9-3-4-12(11(14)7-9)16-13(17)8-18-10(2)5-6-15/h3-4,7,10H,5-6,8,15H2,1-2H3,(H,16,17). The van der Waals surface area contributed by atoms with Crippen LogP contribution in [-0.4, -0.2) is 23.5 Å². The van der Waals surface area contributed by atoms with E-state index in [0.717, 1.165) is 22.1 Å². The van der Waals surface area contributed by atoms with E-state index in [9.17, 15) is 4.79 Å². The average molecular weight is 331 g/mol. The Morgan fingerprint density at radius 1 is 1.56 bits per heavy atom. The predicted molar refractivity (Wildman–Crippen MR) is 83.1 cm³/mol. The van der Waals surface area contributed by atoms with Crippen LogP contribution in [0.25, 0.3) is 0 Å². The van der Waals surface area contributed by atoms with Crippen LogP contribution in [0.5, 0.6) is 0 Å². The van der Waals surface area contributed by atoms with Crippen LogP contribution < -0.4 is 11.1 Å². The van der Waals surface area contributed by atoms with E-state index in [4.69, 9.17) is 5.73 Å². The number of benzene rings is 1. The van der Waals surface area contributed by atoms with Gasteiger partial charge in [-0.25, -0.2) is 0 Å². The van der Waals surface area contributed by atoms with Gasteiger partial charge in [-0.2, -0.15) is 0 Å². The van der Waals surface area contributed by atoms with E-state index in [1.165, 1.54) is 0 Å². The van der Waals surface area contributed by atoms with E-state index in [0.29, 0.717) is 17.5 Å². The van der Waals surface area contributed by atoms with Crippen molar-refractivity contribution in [3.05, 3.63) is 28.2 Å². The fourth-order valence-corrected chi connectivity index (χ4v) is 2.85. The van der Waals surface area contributed by atoms with Gasteiger partial charge in [0.1, 0.15) is 0 Å². The first-order valence-corrected chi connectivity index (χ1v) is 7.74. The Bertz CT molecular complexity index is 412. The molecule has 0 bridgehead atoms. The highest BCUT2D eigenvalue weighted by Gasteiger charge is 2.08. The monoisotopic (exact) mass is 330 g/mol. The van der Waals surface area contributed by atoms with Gasteiger partial charge >= 0.3 is 0 Å². The van der Waals surface area contributed by atoms with E-state index in [1.54, 1.807) is 11.8 Å². The van der Waals surface area contributed by atoms with Gasteiger partial charge in [-0.15, -0.1) is 11.8 Å². The van der Waals surface area contributed by atoms with Crippen LogP contribution in [0.4, 0.5) is 5.69 Å². The number of hydrogen-bond acceptors (Lipinski definition) is 3. The maximum Gasteiger partial charge on any atom is 0.234 e. The highest BCUT2D eigenvalue weighted by Crippen LogP contribution is 2.23. The highest BCUT2D eigenvalue weighted by atomic mass is 79.9. The molecule has 3 nitrogen and oxygen atoms in total. The maximum absolute atomic E-state index is 11.8. The number of carbonyl (C=O) groups excluding carboxylic acids is 1. The zero-order chi connectivity index (χ0) is 13.5. The van der Waals surface area contributed by atoms with Crippen molar-refractivity contribution in [2.45, 2.75) is 25.5 Å². The van der Waals surface area contributed by atoms with Crippen molar-refractivity contribution in [3.63, 3.8) is 0 Å². The second kappa shape index (κ2) is 7.81. The van der Waals surface area contributed by atoms with Crippen molar-refractivity contribution >= 4 is 39.3 Å². The molecule has 0 aliphatic rings. The second-order valence-electron chi connectivity index (χ2n) is 4.23. The number of nitrogens with two attached hydrogens (primary N) is 1. The smallest absolute Gasteiger partial charge is 0.234 e. The van der Waals surface area contributed by atoms with Crippen molar-refractivity contribution < 1.29 is 4.79 Å². The zero-order valence-corrected chi connectivity index (χ0v) is 13.1. The van der Waals surface area contributed by atoms with Crippen molar-refractivity contribution in [1.82, 2.24) is 0 Å². The van der Waals surface area contributed by atoms with Crippen molar-refractivity contribution in [2.24, 2.45) is 5.73 Å². The molecule has 1 unspecified atom stereocenters. The molecular weight excluding hydrogens is 312 g/mol. The molecule has 0 fully saturated rings. The largest absolute Gasteiger partial charge is 0.330 e. The van der Waals surface area contributed by atoms with Gasteiger partial charge in [0.2, 0.25) is 5.91 Å². The summed E-state index contributed by atoms with van der Waals surface area (Å²) in [5.41, 5.74) is 7.45. The minimum absolute atomic E-state index is 0.0217. The van der Waals surface area contributed by atoms with Crippen LogP contribution in [0.1, 0.15) is 18.9 Å². The molecule has 1 aromatic rings. The molecule has 18 heavy (non-hydrogen) atoms. The maximum atomic E-state index is 11.8. The molecule has 100 valence electrons. The van der Waals surface area contributed by atoms with Gasteiger partial charge in [-0.05, 0) is 53.5 Å². The first kappa shape index (κ1) is 15.5. The fraction of sp³-hybridized carbons (Fsp3) is 0.462. The molecule has 1 amide bonds. The third kappa shape index (κ3) is 5.42. The molecule has 0 spiro atoms. The Morgan fingerprint density at radius 2 is 2.28 bits per heavy atom. The van der Waals surface area contributed by atoms with Crippen molar-refractivity contribution in [3.8, 4) is 0 Å². The number of halogens is 1. The van der Waals surface area contributed by atoms with Gasteiger partial charge in [-0.1, -0.05) is 13.0 Å². The topological polar surface area (TPSA) is 55.1 Å². The van der Waals surface area contributed by atoms with Gasteiger partial charge in [0.15, 0.2) is 0 Å². The molecule has 0 radical (unpaired) electrons. The minimum atomic E-state index is 0.0217. The number of anilines is 1. The van der Waals surface area contributed by atoms with E-state index < -0.39 is 0 Å². The van der Waals surface area contributed by atoms with Crippen molar-refractivity contribution in [1.29, 1.82) is 0 Å². The van der Waals surface area contributed by atoms with Gasteiger partial charge in [0.05, 0.1) is 11.4 Å². The van der Waals surface area contributed by atoms with E-state index in [2.05, 4.69) is 28.2 Å². The van der Waals surface area contributed by atoms with Crippen LogP contribution in [0.15, 0.2) is 22.7 Å². The number of thioether (sulfide) groups is 1. The summed E-state index contributed by atoms with van der Waals surface area (Å²) < 4.78 is 0.913. The molecule has 0 aromatic heterocycles. The molecular formula is C13H19BrN2OS. The van der Waals surface area contributed by atoms with Crippen LogP contribution in [0, 0.1) is 6.92 Å². The molecule has 1 aromatic carbocycles. The lowest BCUT2D eigenvalue weighted by Crippen LogP contribution is -2.17. The van der Waals surface area contributed by atoms with Gasteiger partial charge in [0.25, 0.3) is 0 Å². The minimum Gasteiger partial charge on any atom is -0.330 e. The van der Waals surface area contributed by atoms with Gasteiger partial charge in [-0.3, -0.25) is 4.79 Å². The number of hydrogen-bond donors (Lipinski definition) is 2. The first-order chi connectivity index (χ1) is 8.52. The lowest BCUT2D eigenvalue weighted by atomic mass is 10.2. The molecule has 0 heterocycles. The summed E-state index contributed by atoms with van der Waals surface area (Å²) in [7, 11) is 0. The van der Waals surface area contributed by atoms with Crippen LogP contribution in [0.2, 0.25) is 0 Å². The molecule has 1 atom stereocenters. The Kier molecular flexibility index (Phi) is 6.75. The number of nitrogens with one attached hydrogen (secondary N) is 1. The Balaban J connectivity index is 2.44. The summed E-state index contributed by atoms with van der Waals surface area (Å²) >= 11 is 5.07. The predicted octanol–water partition coefficient (Wildman–Crippen LogP) is 3.17. The molecule has 1 rings (SSSR count). The second-order valence-corrected chi connectivity index (χ2v) is 6.51. The van der Waals surface area contributed by atoms with Crippen LogP contribution in [-0.2, 0) is 4.79 Å². The Morgan fingerprint density at radius 3 is 2.89 bits per heavy atom. The number of amides is 1. The lowest BCUT2D eigenvalue weighted by molar-refractivity contribution is -0.113. The summed E-state index contributed by atoms with van der Waals surface area (Å²) in [4.78, 5) is 11.8. The quantitative estimate of drug-likeness (QED) is 0.842. The summed E-state index contributed by atoms with van der Waals surface area (Å²) in [6.45, 7) is 4.77. The number of rotatable bonds is 6. The molecule has 0 saturated heterocycles. The highest BCUT2D eigenvalue weighted by molar-refractivity contribution is 9.10.